The summed E-state index contributed by atoms with van der Waals surface area (Å²) >= 11 is -2.77. The maximum absolute atomic E-state index is 6.58. The number of halogens is 1. The number of hydrogen-bond donors (Lipinski definition) is 0. The van der Waals surface area contributed by atoms with Crippen molar-refractivity contribution in [3.05, 3.63) is 158 Å². The molecular formula is C42H31IN3O2-. The Bertz CT molecular complexity index is 2300. The Morgan fingerprint density at radius 3 is 1.56 bits per heavy atom. The number of para-hydroxylation sites is 1. The molecule has 6 aromatic carbocycles. The van der Waals surface area contributed by atoms with E-state index < -0.39 is 18.4 Å². The quantitative estimate of drug-likeness (QED) is 0.147. The molecule has 0 amide bonds. The molecule has 3 heterocycles. The summed E-state index contributed by atoms with van der Waals surface area (Å²) in [6, 6.07) is 48.1. The minimum atomic E-state index is -2.77. The Morgan fingerprint density at radius 2 is 0.896 bits per heavy atom. The van der Waals surface area contributed by atoms with Crippen LogP contribution in [0, 0.1) is 7.14 Å². The summed E-state index contributed by atoms with van der Waals surface area (Å²) in [5.74, 6) is 5.69. The Balaban J connectivity index is 1.10. The molecule has 0 atom stereocenters. The molecule has 0 radical (unpaired) electrons. The van der Waals surface area contributed by atoms with Gasteiger partial charge < -0.3 is 0 Å². The Hall–Kier alpha value is -5.34. The summed E-state index contributed by atoms with van der Waals surface area (Å²) in [4.78, 5) is 19.7. The van der Waals surface area contributed by atoms with Crippen LogP contribution in [0.25, 0.3) is 45.3 Å². The molecule has 0 bridgehead atoms. The van der Waals surface area contributed by atoms with Crippen molar-refractivity contribution < 1.29 is 27.9 Å². The van der Waals surface area contributed by atoms with Gasteiger partial charge in [-0.25, -0.2) is 0 Å². The third kappa shape index (κ3) is 5.04. The molecule has 0 aliphatic carbocycles. The van der Waals surface area contributed by atoms with E-state index in [1.54, 1.807) is 0 Å². The summed E-state index contributed by atoms with van der Waals surface area (Å²) in [5.41, 5.74) is 7.60. The third-order valence-electron chi connectivity index (χ3n) is 9.03. The zero-order chi connectivity index (χ0) is 32.2. The number of nitrogens with zero attached hydrogens (tertiary/aromatic N) is 3. The summed E-state index contributed by atoms with van der Waals surface area (Å²) in [6.45, 7) is 0. The van der Waals surface area contributed by atoms with Crippen molar-refractivity contribution in [1.29, 1.82) is 0 Å². The zero-order valence-corrected chi connectivity index (χ0v) is 28.7. The predicted molar refractivity (Wildman–Crippen MR) is 187 cm³/mol. The molecule has 0 unspecified atom stereocenters. The molecule has 0 N–H and O–H groups in total. The molecule has 0 saturated carbocycles. The average Bonchev–Trinajstić information content (AvgIpc) is 3.14. The van der Waals surface area contributed by atoms with Crippen LogP contribution in [0.3, 0.4) is 0 Å². The second-order valence-electron chi connectivity index (χ2n) is 12.4. The van der Waals surface area contributed by atoms with Crippen LogP contribution in [-0.4, -0.2) is 24.8 Å². The molecule has 7 aromatic rings. The van der Waals surface area contributed by atoms with E-state index in [1.807, 2.05) is 72.8 Å². The fourth-order valence-electron chi connectivity index (χ4n) is 6.44. The first-order valence-electron chi connectivity index (χ1n) is 15.9. The monoisotopic (exact) mass is 736 g/mol. The van der Waals surface area contributed by atoms with E-state index in [9.17, 15) is 0 Å². The molecule has 0 fully saturated rings. The minimum absolute atomic E-state index is 0.651. The molecule has 1 aromatic heterocycles. The van der Waals surface area contributed by atoms with Crippen LogP contribution in [0.5, 0.6) is 23.0 Å². The van der Waals surface area contributed by atoms with Crippen LogP contribution in [0.15, 0.2) is 140 Å². The van der Waals surface area contributed by atoms with Crippen LogP contribution < -0.4 is 27.9 Å². The molecule has 2 aliphatic rings. The first kappa shape index (κ1) is 28.8. The summed E-state index contributed by atoms with van der Waals surface area (Å²) in [7, 11) is 0. The number of fused-ring (bicyclic) bond motifs is 4. The van der Waals surface area contributed by atoms with Crippen molar-refractivity contribution >= 4 is 0 Å². The molecule has 0 spiro atoms. The molecule has 234 valence electrons. The van der Waals surface area contributed by atoms with E-state index in [0.29, 0.717) is 17.5 Å². The Kier molecular flexibility index (Phi) is 6.86. The fraction of sp³-hybridized carbons (Fsp3) is 0.0714. The van der Waals surface area contributed by atoms with Crippen molar-refractivity contribution in [2.45, 2.75) is 6.42 Å². The van der Waals surface area contributed by atoms with Gasteiger partial charge in [0.25, 0.3) is 0 Å². The molecule has 5 nitrogen and oxygen atoms in total. The molecule has 6 heteroatoms. The van der Waals surface area contributed by atoms with Crippen molar-refractivity contribution in [3.63, 3.8) is 0 Å². The summed E-state index contributed by atoms with van der Waals surface area (Å²) < 4.78 is 15.5. The van der Waals surface area contributed by atoms with Crippen LogP contribution in [0.1, 0.15) is 11.1 Å². The third-order valence-corrected chi connectivity index (χ3v) is 16.5. The molecule has 48 heavy (non-hydrogen) atoms. The van der Waals surface area contributed by atoms with E-state index in [-0.39, 0.29) is 0 Å². The van der Waals surface area contributed by atoms with E-state index >= 15 is 0 Å². The Labute approximate surface area is 283 Å². The average molecular weight is 737 g/mol. The summed E-state index contributed by atoms with van der Waals surface area (Å²) in [5, 5.41) is 0. The normalized spacial score (nSPS) is 14.3. The topological polar surface area (TPSA) is 57.1 Å². The van der Waals surface area contributed by atoms with Crippen LogP contribution >= 0.6 is 0 Å². The van der Waals surface area contributed by atoms with Gasteiger partial charge in [0, 0.05) is 0 Å². The van der Waals surface area contributed by atoms with Gasteiger partial charge in [-0.05, 0) is 0 Å². The first-order valence-corrected chi connectivity index (χ1v) is 22.3. The number of benzene rings is 6. The number of rotatable bonds is 4. The van der Waals surface area contributed by atoms with E-state index in [0.717, 1.165) is 57.2 Å². The van der Waals surface area contributed by atoms with Crippen molar-refractivity contribution in [1.82, 2.24) is 15.0 Å². The molecule has 0 saturated heterocycles. The van der Waals surface area contributed by atoms with Crippen molar-refractivity contribution in [3.8, 4) is 68.3 Å². The van der Waals surface area contributed by atoms with Gasteiger partial charge in [-0.1, -0.05) is 0 Å². The van der Waals surface area contributed by atoms with Gasteiger partial charge in [0.1, 0.15) is 0 Å². The van der Waals surface area contributed by atoms with Gasteiger partial charge in [0.2, 0.25) is 0 Å². The first-order chi connectivity index (χ1) is 23.5. The Morgan fingerprint density at radius 1 is 0.417 bits per heavy atom. The van der Waals surface area contributed by atoms with E-state index in [2.05, 4.69) is 76.6 Å². The van der Waals surface area contributed by atoms with Gasteiger partial charge in [-0.3, -0.25) is 0 Å². The van der Waals surface area contributed by atoms with Gasteiger partial charge in [-0.15, -0.1) is 0 Å². The van der Waals surface area contributed by atoms with E-state index in [4.69, 9.17) is 24.4 Å². The summed E-state index contributed by atoms with van der Waals surface area (Å²) in [6.07, 6.45) is 0.881. The van der Waals surface area contributed by atoms with Gasteiger partial charge >= 0.3 is 285 Å². The van der Waals surface area contributed by atoms with E-state index in [1.165, 1.54) is 18.3 Å². The van der Waals surface area contributed by atoms with Crippen molar-refractivity contribution in [2.75, 3.05) is 9.86 Å². The predicted octanol–water partition coefficient (Wildman–Crippen LogP) is 6.80. The second-order valence-corrected chi connectivity index (χ2v) is 21.7. The van der Waals surface area contributed by atoms with Gasteiger partial charge in [0.15, 0.2) is 0 Å². The molecule has 2 aliphatic heterocycles. The molecule has 9 rings (SSSR count). The second kappa shape index (κ2) is 11.4. The van der Waals surface area contributed by atoms with Gasteiger partial charge in [0.05, 0.1) is 0 Å². The number of alkyl halides is 2. The van der Waals surface area contributed by atoms with Crippen LogP contribution in [0.2, 0.25) is 0 Å². The number of hydrogen-bond acceptors (Lipinski definition) is 5. The number of aromatic nitrogens is 3. The SMILES string of the molecule is C[I-]1(C)c2cc(-c3ccc4c(c3)Oc3ccccc3C4)ccc2Oc2ccc(-c3nc(-c4ccccc4)nc(-c4ccccc4)n3)cc21. The van der Waals surface area contributed by atoms with Crippen LogP contribution in [-0.2, 0) is 6.42 Å². The standard InChI is InChI=1S/C42H31IN3O2/c1-43(2)34-24-29(30-17-18-32-23-31-15-9-10-16-36(31)47-39(32)26-30)19-21-37(34)48-38-22-20-33(25-35(38)43)42-45-40(27-11-5-3-6-12-27)44-41(46-42)28-13-7-4-8-14-28/h3-22,24-26H,23H2,1-2H3/q-1. The fourth-order valence-corrected chi connectivity index (χ4v) is 12.5. The number of ether oxygens (including phenoxy) is 2. The zero-order valence-electron chi connectivity index (χ0n) is 26.5. The molecular weight excluding hydrogens is 705 g/mol. The van der Waals surface area contributed by atoms with Gasteiger partial charge in [-0.2, -0.15) is 0 Å². The van der Waals surface area contributed by atoms with Crippen molar-refractivity contribution in [2.24, 2.45) is 0 Å². The maximum atomic E-state index is 6.58. The van der Waals surface area contributed by atoms with Crippen LogP contribution in [0.4, 0.5) is 0 Å².